The van der Waals surface area contributed by atoms with E-state index in [4.69, 9.17) is 11.6 Å². The van der Waals surface area contributed by atoms with Crippen LogP contribution in [0.1, 0.15) is 23.5 Å². The molecule has 2 amide bonds. The summed E-state index contributed by atoms with van der Waals surface area (Å²) in [5, 5.41) is 3.96. The summed E-state index contributed by atoms with van der Waals surface area (Å²) < 4.78 is 0.961. The van der Waals surface area contributed by atoms with Crippen molar-refractivity contribution >= 4 is 44.8 Å². The molecule has 0 saturated heterocycles. The predicted molar refractivity (Wildman–Crippen MR) is 87.1 cm³/mol. The first-order valence-corrected chi connectivity index (χ1v) is 8.00. The maximum Gasteiger partial charge on any atom is 0.263 e. The highest BCUT2D eigenvalue weighted by Gasteiger charge is 2.18. The molecule has 0 fully saturated rings. The molecule has 0 aliphatic rings. The standard InChI is InChI=1S/C15H17ClN2O2S/c1-3-18(4-2)12(19)9-17-15(20)14-13(16)10-7-5-6-8-11(10)21-14/h5-8H,3-4,9H2,1-2H3,(H,17,20). The summed E-state index contributed by atoms with van der Waals surface area (Å²) >= 11 is 7.57. The van der Waals surface area contributed by atoms with E-state index in [0.29, 0.717) is 23.0 Å². The lowest BCUT2D eigenvalue weighted by molar-refractivity contribution is -0.129. The van der Waals surface area contributed by atoms with Crippen molar-refractivity contribution in [2.24, 2.45) is 0 Å². The zero-order valence-electron chi connectivity index (χ0n) is 12.0. The lowest BCUT2D eigenvalue weighted by atomic mass is 10.2. The molecule has 1 aromatic heterocycles. The largest absolute Gasteiger partial charge is 0.342 e. The van der Waals surface area contributed by atoms with Gasteiger partial charge in [-0.1, -0.05) is 29.8 Å². The van der Waals surface area contributed by atoms with Crippen LogP contribution in [-0.4, -0.2) is 36.3 Å². The molecule has 1 aromatic carbocycles. The highest BCUT2D eigenvalue weighted by molar-refractivity contribution is 7.21. The van der Waals surface area contributed by atoms with Crippen molar-refractivity contribution < 1.29 is 9.59 Å². The molecule has 0 spiro atoms. The normalized spacial score (nSPS) is 10.6. The molecular weight excluding hydrogens is 308 g/mol. The number of nitrogens with one attached hydrogen (secondary N) is 1. The maximum absolute atomic E-state index is 12.2. The fourth-order valence-corrected chi connectivity index (χ4v) is 3.52. The van der Waals surface area contributed by atoms with Gasteiger partial charge < -0.3 is 10.2 Å². The van der Waals surface area contributed by atoms with Gasteiger partial charge in [0.1, 0.15) is 4.88 Å². The molecule has 0 bridgehead atoms. The van der Waals surface area contributed by atoms with Crippen molar-refractivity contribution in [1.29, 1.82) is 0 Å². The van der Waals surface area contributed by atoms with Crippen molar-refractivity contribution in [2.45, 2.75) is 13.8 Å². The summed E-state index contributed by atoms with van der Waals surface area (Å²) in [7, 11) is 0. The zero-order valence-corrected chi connectivity index (χ0v) is 13.6. The van der Waals surface area contributed by atoms with Crippen LogP contribution in [-0.2, 0) is 4.79 Å². The van der Waals surface area contributed by atoms with Gasteiger partial charge in [0.05, 0.1) is 11.6 Å². The molecule has 0 radical (unpaired) electrons. The molecule has 0 saturated carbocycles. The van der Waals surface area contributed by atoms with Gasteiger partial charge in [-0.2, -0.15) is 0 Å². The van der Waals surface area contributed by atoms with E-state index in [1.807, 2.05) is 38.1 Å². The minimum atomic E-state index is -0.304. The highest BCUT2D eigenvalue weighted by atomic mass is 35.5. The summed E-state index contributed by atoms with van der Waals surface area (Å²) in [4.78, 5) is 26.2. The molecule has 1 N–H and O–H groups in total. The monoisotopic (exact) mass is 324 g/mol. The summed E-state index contributed by atoms with van der Waals surface area (Å²) in [5.74, 6) is -0.396. The third kappa shape index (κ3) is 3.36. The van der Waals surface area contributed by atoms with Crippen LogP contribution in [0, 0.1) is 0 Å². The average molecular weight is 325 g/mol. The van der Waals surface area contributed by atoms with Gasteiger partial charge in [0, 0.05) is 23.2 Å². The smallest absolute Gasteiger partial charge is 0.263 e. The molecule has 1 heterocycles. The van der Waals surface area contributed by atoms with Gasteiger partial charge >= 0.3 is 0 Å². The number of thiophene rings is 1. The van der Waals surface area contributed by atoms with Crippen LogP contribution < -0.4 is 5.32 Å². The zero-order chi connectivity index (χ0) is 15.4. The van der Waals surface area contributed by atoms with Crippen molar-refractivity contribution in [3.63, 3.8) is 0 Å². The lowest BCUT2D eigenvalue weighted by Gasteiger charge is -2.18. The van der Waals surface area contributed by atoms with E-state index in [1.165, 1.54) is 11.3 Å². The average Bonchev–Trinajstić information content (AvgIpc) is 2.84. The quantitative estimate of drug-likeness (QED) is 0.918. The number of halogens is 1. The van der Waals surface area contributed by atoms with Crippen molar-refractivity contribution in [3.05, 3.63) is 34.2 Å². The van der Waals surface area contributed by atoms with Gasteiger partial charge in [0.15, 0.2) is 0 Å². The van der Waals surface area contributed by atoms with E-state index >= 15 is 0 Å². The second-order valence-electron chi connectivity index (χ2n) is 4.49. The fraction of sp³-hybridized carbons (Fsp3) is 0.333. The molecule has 21 heavy (non-hydrogen) atoms. The van der Waals surface area contributed by atoms with Crippen LogP contribution in [0.25, 0.3) is 10.1 Å². The molecule has 112 valence electrons. The number of hydrogen-bond donors (Lipinski definition) is 1. The lowest BCUT2D eigenvalue weighted by Crippen LogP contribution is -2.39. The van der Waals surface area contributed by atoms with Gasteiger partial charge in [0.25, 0.3) is 5.91 Å². The van der Waals surface area contributed by atoms with Crippen LogP contribution in [0.4, 0.5) is 0 Å². The van der Waals surface area contributed by atoms with Gasteiger partial charge in [-0.3, -0.25) is 9.59 Å². The van der Waals surface area contributed by atoms with Crippen molar-refractivity contribution in [2.75, 3.05) is 19.6 Å². The molecule has 4 nitrogen and oxygen atoms in total. The Hall–Kier alpha value is -1.59. The van der Waals surface area contributed by atoms with Crippen LogP contribution >= 0.6 is 22.9 Å². The van der Waals surface area contributed by atoms with E-state index in [1.54, 1.807) is 4.90 Å². The van der Waals surface area contributed by atoms with Gasteiger partial charge in [-0.05, 0) is 19.9 Å². The summed E-state index contributed by atoms with van der Waals surface area (Å²) in [6.45, 7) is 5.08. The van der Waals surface area contributed by atoms with Crippen molar-refractivity contribution in [3.8, 4) is 0 Å². The van der Waals surface area contributed by atoms with Crippen LogP contribution in [0.3, 0.4) is 0 Å². The first-order chi connectivity index (χ1) is 10.1. The number of hydrogen-bond acceptors (Lipinski definition) is 3. The molecular formula is C15H17ClN2O2S. The number of nitrogens with zero attached hydrogens (tertiary/aromatic N) is 1. The van der Waals surface area contributed by atoms with Crippen molar-refractivity contribution in [1.82, 2.24) is 10.2 Å². The first kappa shape index (κ1) is 15.8. The molecule has 2 aromatic rings. The van der Waals surface area contributed by atoms with Gasteiger partial charge in [-0.25, -0.2) is 0 Å². The molecule has 2 rings (SSSR count). The Balaban J connectivity index is 2.09. The van der Waals surface area contributed by atoms with Crippen LogP contribution in [0.2, 0.25) is 5.02 Å². The molecule has 0 aliphatic carbocycles. The molecule has 0 unspecified atom stereocenters. The third-order valence-electron chi connectivity index (χ3n) is 3.26. The number of fused-ring (bicyclic) bond motifs is 1. The Morgan fingerprint density at radius 2 is 1.90 bits per heavy atom. The minimum absolute atomic E-state index is 0.00884. The molecule has 6 heteroatoms. The second kappa shape index (κ2) is 6.91. The Kier molecular flexibility index (Phi) is 5.20. The second-order valence-corrected chi connectivity index (χ2v) is 5.92. The van der Waals surface area contributed by atoms with E-state index in [0.717, 1.165) is 10.1 Å². The third-order valence-corrected chi connectivity index (χ3v) is 4.93. The first-order valence-electron chi connectivity index (χ1n) is 6.81. The summed E-state index contributed by atoms with van der Waals surface area (Å²) in [6.07, 6.45) is 0. The maximum atomic E-state index is 12.2. The van der Waals surface area contributed by atoms with E-state index in [-0.39, 0.29) is 18.4 Å². The van der Waals surface area contributed by atoms with Crippen LogP contribution in [0.5, 0.6) is 0 Å². The van der Waals surface area contributed by atoms with Gasteiger partial charge in [0.2, 0.25) is 5.91 Å². The predicted octanol–water partition coefficient (Wildman–Crippen LogP) is 3.15. The number of carbonyl (C=O) groups excluding carboxylic acids is 2. The number of carbonyl (C=O) groups is 2. The Morgan fingerprint density at radius 1 is 1.24 bits per heavy atom. The topological polar surface area (TPSA) is 49.4 Å². The van der Waals surface area contributed by atoms with E-state index < -0.39 is 0 Å². The Morgan fingerprint density at radius 3 is 2.52 bits per heavy atom. The number of likely N-dealkylation sites (N-methyl/N-ethyl adjacent to an activating group) is 1. The SMILES string of the molecule is CCN(CC)C(=O)CNC(=O)c1sc2ccccc2c1Cl. The fourth-order valence-electron chi connectivity index (χ4n) is 2.08. The number of amides is 2. The number of benzene rings is 1. The summed E-state index contributed by atoms with van der Waals surface area (Å²) in [5.41, 5.74) is 0. The van der Waals surface area contributed by atoms with Gasteiger partial charge in [-0.15, -0.1) is 11.3 Å². The van der Waals surface area contributed by atoms with Crippen LogP contribution in [0.15, 0.2) is 24.3 Å². The summed E-state index contributed by atoms with van der Waals surface area (Å²) in [6, 6.07) is 7.59. The number of rotatable bonds is 5. The van der Waals surface area contributed by atoms with E-state index in [9.17, 15) is 9.59 Å². The molecule has 0 aliphatic heterocycles. The highest BCUT2D eigenvalue weighted by Crippen LogP contribution is 2.34. The Bertz CT molecular complexity index is 665. The minimum Gasteiger partial charge on any atom is -0.342 e. The van der Waals surface area contributed by atoms with E-state index in [2.05, 4.69) is 5.32 Å². The Labute approximate surface area is 132 Å². The molecule has 0 atom stereocenters.